The van der Waals surface area contributed by atoms with Crippen molar-refractivity contribution in [1.29, 1.82) is 0 Å². The monoisotopic (exact) mass is 334 g/mol. The second-order valence-electron chi connectivity index (χ2n) is 5.89. The van der Waals surface area contributed by atoms with Crippen LogP contribution >= 0.6 is 0 Å². The molecule has 0 aliphatic rings. The molecule has 0 aromatic heterocycles. The Balaban J connectivity index is 2.69. The topological polar surface area (TPSA) is 66.5 Å². The van der Waals surface area contributed by atoms with Crippen molar-refractivity contribution in [3.05, 3.63) is 35.4 Å². The molecule has 8 heteroatoms. The number of sulfonamides is 1. The molecule has 1 rings (SSSR count). The van der Waals surface area contributed by atoms with Gasteiger partial charge in [-0.1, -0.05) is 0 Å². The van der Waals surface area contributed by atoms with Gasteiger partial charge in [0.2, 0.25) is 10.0 Å². The van der Waals surface area contributed by atoms with Crippen molar-refractivity contribution in [2.24, 2.45) is 0 Å². The average molecular weight is 334 g/mol. The number of hydrogen-bond acceptors (Lipinski definition) is 3. The van der Waals surface area contributed by atoms with Crippen molar-refractivity contribution >= 4 is 15.9 Å². The highest BCUT2D eigenvalue weighted by Gasteiger charge is 2.29. The number of hydrogen-bond donors (Lipinski definition) is 1. The zero-order valence-electron chi connectivity index (χ0n) is 13.0. The number of carbonyl (C=O) groups excluding carboxylic acids is 1. The molecule has 0 radical (unpaired) electrons. The maximum atomic E-state index is 13.1. The van der Waals surface area contributed by atoms with Crippen LogP contribution in [0, 0.1) is 11.6 Å². The van der Waals surface area contributed by atoms with Crippen LogP contribution in [0.15, 0.2) is 18.2 Å². The Morgan fingerprint density at radius 3 is 2.27 bits per heavy atom. The Morgan fingerprint density at radius 2 is 1.82 bits per heavy atom. The molecule has 0 aliphatic carbocycles. The number of amides is 1. The maximum absolute atomic E-state index is 13.1. The minimum absolute atomic E-state index is 0.0273. The molecule has 0 spiro atoms. The minimum Gasteiger partial charge on any atom is -0.351 e. The van der Waals surface area contributed by atoms with E-state index < -0.39 is 33.1 Å². The molecule has 22 heavy (non-hydrogen) atoms. The van der Waals surface area contributed by atoms with Crippen LogP contribution in [0.25, 0.3) is 0 Å². The Bertz CT molecular complexity index is 655. The van der Waals surface area contributed by atoms with Crippen molar-refractivity contribution in [1.82, 2.24) is 9.62 Å². The summed E-state index contributed by atoms with van der Waals surface area (Å²) in [6.45, 7) is 5.36. The van der Waals surface area contributed by atoms with Crippen LogP contribution in [-0.4, -0.2) is 43.5 Å². The Kier molecular flexibility index (Phi) is 5.64. The van der Waals surface area contributed by atoms with E-state index in [1.165, 1.54) is 4.31 Å². The summed E-state index contributed by atoms with van der Waals surface area (Å²) >= 11 is 0. The van der Waals surface area contributed by atoms with Crippen LogP contribution in [0.5, 0.6) is 0 Å². The van der Waals surface area contributed by atoms with E-state index in [1.54, 1.807) is 20.8 Å². The van der Waals surface area contributed by atoms with E-state index in [4.69, 9.17) is 0 Å². The van der Waals surface area contributed by atoms with Crippen LogP contribution in [0.4, 0.5) is 8.78 Å². The van der Waals surface area contributed by atoms with E-state index in [1.807, 2.05) is 0 Å². The summed E-state index contributed by atoms with van der Waals surface area (Å²) in [4.78, 5) is 11.8. The minimum atomic E-state index is -3.43. The fourth-order valence-electron chi connectivity index (χ4n) is 2.01. The first-order chi connectivity index (χ1) is 9.93. The molecule has 1 aromatic carbocycles. The Hall–Kier alpha value is -1.54. The van der Waals surface area contributed by atoms with Gasteiger partial charge in [-0.15, -0.1) is 0 Å². The standard InChI is InChI=1S/C14H20F2N2O3S/c1-14(2,3)18(22(4,20)21)8-7-17-13(19)10-5-6-11(15)12(16)9-10/h5-6,9H,7-8H2,1-4H3,(H,17,19). The van der Waals surface area contributed by atoms with Gasteiger partial charge in [0.15, 0.2) is 11.6 Å². The van der Waals surface area contributed by atoms with Crippen molar-refractivity contribution in [2.75, 3.05) is 19.3 Å². The Labute approximate surface area is 129 Å². The SMILES string of the molecule is CC(C)(C)N(CCNC(=O)c1ccc(F)c(F)c1)S(C)(=O)=O. The summed E-state index contributed by atoms with van der Waals surface area (Å²) < 4.78 is 50.6. The molecule has 1 aromatic rings. The lowest BCUT2D eigenvalue weighted by molar-refractivity contribution is 0.0947. The van der Waals surface area contributed by atoms with Crippen molar-refractivity contribution in [2.45, 2.75) is 26.3 Å². The first-order valence-electron chi connectivity index (χ1n) is 6.64. The third kappa shape index (κ3) is 5.03. The smallest absolute Gasteiger partial charge is 0.251 e. The molecule has 5 nitrogen and oxygen atoms in total. The van der Waals surface area contributed by atoms with E-state index in [9.17, 15) is 22.0 Å². The number of nitrogens with zero attached hydrogens (tertiary/aromatic N) is 1. The van der Waals surface area contributed by atoms with Gasteiger partial charge in [-0.05, 0) is 39.0 Å². The number of carbonyl (C=O) groups is 1. The van der Waals surface area contributed by atoms with E-state index in [0.717, 1.165) is 24.5 Å². The van der Waals surface area contributed by atoms with E-state index in [2.05, 4.69) is 5.32 Å². The highest BCUT2D eigenvalue weighted by atomic mass is 32.2. The fourth-order valence-corrected chi connectivity index (χ4v) is 3.43. The number of nitrogens with one attached hydrogen (secondary N) is 1. The first-order valence-corrected chi connectivity index (χ1v) is 8.49. The second kappa shape index (κ2) is 6.70. The number of rotatable bonds is 5. The highest BCUT2D eigenvalue weighted by molar-refractivity contribution is 7.88. The summed E-state index contributed by atoms with van der Waals surface area (Å²) in [5.41, 5.74) is -0.652. The third-order valence-corrected chi connectivity index (χ3v) is 4.46. The van der Waals surface area contributed by atoms with Gasteiger partial charge >= 0.3 is 0 Å². The molecule has 0 saturated carbocycles. The van der Waals surface area contributed by atoms with Gasteiger partial charge in [0.25, 0.3) is 5.91 Å². The Morgan fingerprint density at radius 1 is 1.23 bits per heavy atom. The molecular formula is C14H20F2N2O3S. The van der Waals surface area contributed by atoms with Gasteiger partial charge in [0.1, 0.15) is 0 Å². The van der Waals surface area contributed by atoms with Crippen molar-refractivity contribution < 1.29 is 22.0 Å². The van der Waals surface area contributed by atoms with Crippen LogP contribution < -0.4 is 5.32 Å². The summed E-state index contributed by atoms with van der Waals surface area (Å²) in [5, 5.41) is 2.49. The number of benzene rings is 1. The zero-order chi connectivity index (χ0) is 17.1. The summed E-state index contributed by atoms with van der Waals surface area (Å²) in [6, 6.07) is 2.82. The van der Waals surface area contributed by atoms with E-state index in [0.29, 0.717) is 0 Å². The molecule has 0 atom stereocenters. The molecule has 0 saturated heterocycles. The molecule has 1 N–H and O–H groups in total. The second-order valence-corrected chi connectivity index (χ2v) is 7.80. The van der Waals surface area contributed by atoms with E-state index >= 15 is 0 Å². The summed E-state index contributed by atoms with van der Waals surface area (Å²) in [6.07, 6.45) is 1.09. The van der Waals surface area contributed by atoms with Gasteiger partial charge in [-0.25, -0.2) is 17.2 Å². The zero-order valence-corrected chi connectivity index (χ0v) is 13.8. The molecular weight excluding hydrogens is 314 g/mol. The van der Waals surface area contributed by atoms with Crippen LogP contribution in [0.3, 0.4) is 0 Å². The predicted molar refractivity (Wildman–Crippen MR) is 80.0 cm³/mol. The van der Waals surface area contributed by atoms with Gasteiger partial charge in [0, 0.05) is 24.2 Å². The van der Waals surface area contributed by atoms with Crippen molar-refractivity contribution in [3.63, 3.8) is 0 Å². The fraction of sp³-hybridized carbons (Fsp3) is 0.500. The van der Waals surface area contributed by atoms with Crippen LogP contribution in [0.2, 0.25) is 0 Å². The number of halogens is 2. The van der Waals surface area contributed by atoms with Crippen molar-refractivity contribution in [3.8, 4) is 0 Å². The van der Waals surface area contributed by atoms with Crippen LogP contribution in [0.1, 0.15) is 31.1 Å². The normalized spacial score (nSPS) is 12.5. The van der Waals surface area contributed by atoms with Gasteiger partial charge < -0.3 is 5.32 Å². The molecule has 1 amide bonds. The lowest BCUT2D eigenvalue weighted by Crippen LogP contribution is -2.48. The largest absolute Gasteiger partial charge is 0.351 e. The van der Waals surface area contributed by atoms with Gasteiger partial charge in [-0.2, -0.15) is 4.31 Å². The lowest BCUT2D eigenvalue weighted by Gasteiger charge is -2.33. The quantitative estimate of drug-likeness (QED) is 0.892. The molecule has 0 aliphatic heterocycles. The van der Waals surface area contributed by atoms with Gasteiger partial charge in [-0.3, -0.25) is 4.79 Å². The molecule has 0 fully saturated rings. The summed E-state index contributed by atoms with van der Waals surface area (Å²) in [7, 11) is -3.43. The maximum Gasteiger partial charge on any atom is 0.251 e. The molecule has 0 bridgehead atoms. The third-order valence-electron chi connectivity index (χ3n) is 2.93. The predicted octanol–water partition coefficient (Wildman–Crippen LogP) is 1.75. The molecule has 0 unspecified atom stereocenters. The summed E-state index contributed by atoms with van der Waals surface area (Å²) in [5.74, 6) is -2.74. The lowest BCUT2D eigenvalue weighted by atomic mass is 10.1. The van der Waals surface area contributed by atoms with Crippen LogP contribution in [-0.2, 0) is 10.0 Å². The van der Waals surface area contributed by atoms with E-state index in [-0.39, 0.29) is 18.7 Å². The van der Waals surface area contributed by atoms with Gasteiger partial charge in [0.05, 0.1) is 6.26 Å². The molecule has 124 valence electrons. The highest BCUT2D eigenvalue weighted by Crippen LogP contribution is 2.16. The average Bonchev–Trinajstić information content (AvgIpc) is 2.34. The molecule has 0 heterocycles. The first kappa shape index (κ1) is 18.5.